The predicted octanol–water partition coefficient (Wildman–Crippen LogP) is 1.61. The van der Waals surface area contributed by atoms with Crippen LogP contribution in [0.2, 0.25) is 0 Å². The maximum atomic E-state index is 12.1. The second kappa shape index (κ2) is 5.53. The summed E-state index contributed by atoms with van der Waals surface area (Å²) in [4.78, 5) is 25.6. The summed E-state index contributed by atoms with van der Waals surface area (Å²) in [5.41, 5.74) is 1.19. The number of para-hydroxylation sites is 2. The van der Waals surface area contributed by atoms with E-state index in [1.165, 1.54) is 0 Å². The molecule has 1 aliphatic heterocycles. The average Bonchev–Trinajstić information content (AvgIpc) is 2.38. The molecule has 1 aliphatic rings. The van der Waals surface area contributed by atoms with Gasteiger partial charge in [-0.25, -0.2) is 0 Å². The molecule has 0 saturated carbocycles. The Labute approximate surface area is 119 Å². The fraction of sp³-hybridized carbons (Fsp3) is 0.467. The van der Waals surface area contributed by atoms with Gasteiger partial charge in [-0.2, -0.15) is 0 Å². The standard InChI is InChI=1S/C15H21N3O2/c1-15(2,3)14(20)17-11-6-4-5-7-12(11)18-9-8-16-13(19)10-18/h4-7H,8-10H2,1-3H3,(H,16,19)(H,17,20). The van der Waals surface area contributed by atoms with Gasteiger partial charge in [-0.1, -0.05) is 32.9 Å². The van der Waals surface area contributed by atoms with Crippen molar-refractivity contribution in [2.75, 3.05) is 29.9 Å². The maximum Gasteiger partial charge on any atom is 0.239 e. The van der Waals surface area contributed by atoms with E-state index in [4.69, 9.17) is 0 Å². The molecule has 0 spiro atoms. The molecule has 0 unspecified atom stereocenters. The summed E-state index contributed by atoms with van der Waals surface area (Å²) in [6, 6.07) is 7.59. The zero-order chi connectivity index (χ0) is 14.8. The van der Waals surface area contributed by atoms with Crippen LogP contribution in [0.1, 0.15) is 20.8 Å². The number of anilines is 2. The van der Waals surface area contributed by atoms with E-state index in [9.17, 15) is 9.59 Å². The number of carbonyl (C=O) groups is 2. The van der Waals surface area contributed by atoms with E-state index in [0.29, 0.717) is 13.1 Å². The molecule has 0 radical (unpaired) electrons. The molecular weight excluding hydrogens is 254 g/mol. The SMILES string of the molecule is CC(C)(C)C(=O)Nc1ccccc1N1CCNC(=O)C1. The van der Waals surface area contributed by atoms with Crippen LogP contribution < -0.4 is 15.5 Å². The molecule has 20 heavy (non-hydrogen) atoms. The average molecular weight is 275 g/mol. The molecule has 1 aromatic rings. The van der Waals surface area contributed by atoms with Gasteiger partial charge in [-0.3, -0.25) is 9.59 Å². The molecule has 0 bridgehead atoms. The van der Waals surface area contributed by atoms with Crippen LogP contribution >= 0.6 is 0 Å². The lowest BCUT2D eigenvalue weighted by atomic mass is 9.95. The minimum atomic E-state index is -0.452. The molecule has 0 aromatic heterocycles. The van der Waals surface area contributed by atoms with Crippen molar-refractivity contribution in [3.05, 3.63) is 24.3 Å². The van der Waals surface area contributed by atoms with E-state index in [1.807, 2.05) is 49.9 Å². The maximum absolute atomic E-state index is 12.1. The van der Waals surface area contributed by atoms with Gasteiger partial charge in [0.05, 0.1) is 17.9 Å². The third kappa shape index (κ3) is 3.29. The van der Waals surface area contributed by atoms with Crippen LogP contribution in [0.3, 0.4) is 0 Å². The van der Waals surface area contributed by atoms with E-state index in [1.54, 1.807) is 0 Å². The topological polar surface area (TPSA) is 61.4 Å². The first-order chi connectivity index (χ1) is 9.38. The Morgan fingerprint density at radius 3 is 2.65 bits per heavy atom. The molecule has 2 N–H and O–H groups in total. The molecule has 1 saturated heterocycles. The molecule has 0 aliphatic carbocycles. The van der Waals surface area contributed by atoms with Gasteiger partial charge < -0.3 is 15.5 Å². The van der Waals surface area contributed by atoms with Gasteiger partial charge in [-0.05, 0) is 12.1 Å². The van der Waals surface area contributed by atoms with Crippen molar-refractivity contribution >= 4 is 23.2 Å². The summed E-state index contributed by atoms with van der Waals surface area (Å²) in [6.45, 7) is 7.31. The summed E-state index contributed by atoms with van der Waals surface area (Å²) in [6.07, 6.45) is 0. The van der Waals surface area contributed by atoms with E-state index in [2.05, 4.69) is 10.6 Å². The number of hydrogen-bond donors (Lipinski definition) is 2. The van der Waals surface area contributed by atoms with Gasteiger partial charge in [0, 0.05) is 18.5 Å². The van der Waals surface area contributed by atoms with Crippen LogP contribution in [0.15, 0.2) is 24.3 Å². The van der Waals surface area contributed by atoms with Gasteiger partial charge in [-0.15, -0.1) is 0 Å². The molecule has 0 atom stereocenters. The normalized spacial score (nSPS) is 15.8. The smallest absolute Gasteiger partial charge is 0.239 e. The van der Waals surface area contributed by atoms with Crippen molar-refractivity contribution in [3.63, 3.8) is 0 Å². The second-order valence-electron chi connectivity index (χ2n) is 5.99. The Kier molecular flexibility index (Phi) is 3.97. The molecule has 5 heteroatoms. The Morgan fingerprint density at radius 1 is 1.30 bits per heavy atom. The summed E-state index contributed by atoms with van der Waals surface area (Å²) in [7, 11) is 0. The van der Waals surface area contributed by atoms with Crippen LogP contribution in [0.5, 0.6) is 0 Å². The number of nitrogens with zero attached hydrogens (tertiary/aromatic N) is 1. The number of amides is 2. The zero-order valence-electron chi connectivity index (χ0n) is 12.2. The highest BCUT2D eigenvalue weighted by molar-refractivity contribution is 5.98. The Bertz CT molecular complexity index is 520. The molecule has 1 aromatic carbocycles. The number of piperazine rings is 1. The molecule has 1 fully saturated rings. The van der Waals surface area contributed by atoms with Crippen molar-refractivity contribution < 1.29 is 9.59 Å². The molecule has 2 amide bonds. The molecule has 108 valence electrons. The van der Waals surface area contributed by atoms with Crippen LogP contribution in [0.4, 0.5) is 11.4 Å². The number of carbonyl (C=O) groups excluding carboxylic acids is 2. The number of nitrogens with one attached hydrogen (secondary N) is 2. The number of rotatable bonds is 2. The summed E-state index contributed by atoms with van der Waals surface area (Å²) < 4.78 is 0. The molecule has 5 nitrogen and oxygen atoms in total. The Balaban J connectivity index is 2.22. The third-order valence-corrected chi connectivity index (χ3v) is 3.21. The Morgan fingerprint density at radius 2 is 2.00 bits per heavy atom. The monoisotopic (exact) mass is 275 g/mol. The minimum Gasteiger partial charge on any atom is -0.359 e. The van der Waals surface area contributed by atoms with Crippen LogP contribution in [-0.2, 0) is 9.59 Å². The number of benzene rings is 1. The quantitative estimate of drug-likeness (QED) is 0.862. The van der Waals surface area contributed by atoms with Gasteiger partial charge in [0.15, 0.2) is 0 Å². The predicted molar refractivity (Wildman–Crippen MR) is 79.7 cm³/mol. The van der Waals surface area contributed by atoms with Gasteiger partial charge in [0.1, 0.15) is 0 Å². The highest BCUT2D eigenvalue weighted by Gasteiger charge is 2.24. The first-order valence-electron chi connectivity index (χ1n) is 6.80. The van der Waals surface area contributed by atoms with Crippen LogP contribution in [-0.4, -0.2) is 31.4 Å². The Hall–Kier alpha value is -2.04. The lowest BCUT2D eigenvalue weighted by Crippen LogP contribution is -2.48. The highest BCUT2D eigenvalue weighted by atomic mass is 16.2. The van der Waals surface area contributed by atoms with Crippen molar-refractivity contribution in [3.8, 4) is 0 Å². The summed E-state index contributed by atoms with van der Waals surface area (Å²) >= 11 is 0. The van der Waals surface area contributed by atoms with E-state index >= 15 is 0 Å². The van der Waals surface area contributed by atoms with Gasteiger partial charge in [0.25, 0.3) is 0 Å². The van der Waals surface area contributed by atoms with Crippen molar-refractivity contribution in [1.82, 2.24) is 5.32 Å². The van der Waals surface area contributed by atoms with E-state index in [-0.39, 0.29) is 11.8 Å². The zero-order valence-corrected chi connectivity index (χ0v) is 12.2. The molecular formula is C15H21N3O2. The first-order valence-corrected chi connectivity index (χ1v) is 6.80. The minimum absolute atomic E-state index is 0.00759. The summed E-state index contributed by atoms with van der Waals surface area (Å²) in [5.74, 6) is -0.0281. The van der Waals surface area contributed by atoms with Crippen molar-refractivity contribution in [2.24, 2.45) is 5.41 Å². The lowest BCUT2D eigenvalue weighted by Gasteiger charge is -2.30. The van der Waals surface area contributed by atoms with Crippen LogP contribution in [0, 0.1) is 5.41 Å². The first kappa shape index (κ1) is 14.4. The summed E-state index contributed by atoms with van der Waals surface area (Å²) in [5, 5.41) is 5.75. The van der Waals surface area contributed by atoms with Crippen LogP contribution in [0.25, 0.3) is 0 Å². The highest BCUT2D eigenvalue weighted by Crippen LogP contribution is 2.27. The van der Waals surface area contributed by atoms with Crippen molar-refractivity contribution in [2.45, 2.75) is 20.8 Å². The third-order valence-electron chi connectivity index (χ3n) is 3.21. The second-order valence-corrected chi connectivity index (χ2v) is 5.99. The van der Waals surface area contributed by atoms with Gasteiger partial charge >= 0.3 is 0 Å². The van der Waals surface area contributed by atoms with Crippen molar-refractivity contribution in [1.29, 1.82) is 0 Å². The molecule has 2 rings (SSSR count). The van der Waals surface area contributed by atoms with E-state index < -0.39 is 5.41 Å². The largest absolute Gasteiger partial charge is 0.359 e. The lowest BCUT2D eigenvalue weighted by molar-refractivity contribution is -0.123. The molecule has 1 heterocycles. The van der Waals surface area contributed by atoms with E-state index in [0.717, 1.165) is 17.9 Å². The van der Waals surface area contributed by atoms with Gasteiger partial charge in [0.2, 0.25) is 11.8 Å². The fourth-order valence-electron chi connectivity index (χ4n) is 2.01. The number of hydrogen-bond acceptors (Lipinski definition) is 3. The fourth-order valence-corrected chi connectivity index (χ4v) is 2.01.